The fourth-order valence-corrected chi connectivity index (χ4v) is 6.63. The molecule has 0 saturated heterocycles. The smallest absolute Gasteiger partial charge is 0.294 e. The molecule has 1 fully saturated rings. The van der Waals surface area contributed by atoms with Gasteiger partial charge in [-0.25, -0.2) is 0 Å². The highest BCUT2D eigenvalue weighted by molar-refractivity contribution is 8.03. The quantitative estimate of drug-likeness (QED) is 0.652. The van der Waals surface area contributed by atoms with Crippen molar-refractivity contribution in [2.75, 3.05) is 11.5 Å². The third-order valence-electron chi connectivity index (χ3n) is 4.36. The molecule has 0 bridgehead atoms. The molecule has 1 aromatic rings. The van der Waals surface area contributed by atoms with Gasteiger partial charge in [0.1, 0.15) is 5.75 Å². The summed E-state index contributed by atoms with van der Waals surface area (Å²) in [6.07, 6.45) is 6.26. The number of rotatable bonds is 8. The lowest BCUT2D eigenvalue weighted by Gasteiger charge is -2.20. The number of ketones is 1. The minimum atomic E-state index is -3.82. The average Bonchev–Trinajstić information content (AvgIpc) is 2.55. The lowest BCUT2D eigenvalue weighted by atomic mass is 9.91. The molecule has 0 heterocycles. The summed E-state index contributed by atoms with van der Waals surface area (Å²) in [6, 6.07) is 6.64. The summed E-state index contributed by atoms with van der Waals surface area (Å²) in [4.78, 5) is 12.0. The molecule has 1 unspecified atom stereocenters. The topological polar surface area (TPSA) is 60.4 Å². The summed E-state index contributed by atoms with van der Waals surface area (Å²) in [7, 11) is -3.82. The largest absolute Gasteiger partial charge is 0.339 e. The Labute approximate surface area is 148 Å². The van der Waals surface area contributed by atoms with Crippen molar-refractivity contribution in [3.05, 3.63) is 29.8 Å². The van der Waals surface area contributed by atoms with Crippen LogP contribution in [0.2, 0.25) is 0 Å². The molecule has 1 aromatic carbocycles. The summed E-state index contributed by atoms with van der Waals surface area (Å²) in [5.41, 5.74) is 0.997. The van der Waals surface area contributed by atoms with Crippen LogP contribution in [0, 0.1) is 12.8 Å². The summed E-state index contributed by atoms with van der Waals surface area (Å²) in [6.45, 7) is 3.71. The highest BCUT2D eigenvalue weighted by Gasteiger charge is 2.35. The molecule has 0 aromatic heterocycles. The van der Waals surface area contributed by atoms with Gasteiger partial charge in [0.2, 0.25) is 5.75 Å². The lowest BCUT2D eigenvalue weighted by molar-refractivity contribution is -0.116. The Morgan fingerprint density at radius 1 is 1.17 bits per heavy atom. The van der Waals surface area contributed by atoms with Crippen LogP contribution in [0.25, 0.3) is 0 Å². The van der Waals surface area contributed by atoms with Gasteiger partial charge in [0.15, 0.2) is 17.0 Å². The van der Waals surface area contributed by atoms with E-state index in [1.807, 2.05) is 6.92 Å². The van der Waals surface area contributed by atoms with Gasteiger partial charge in [-0.2, -0.15) is 8.42 Å². The lowest BCUT2D eigenvalue weighted by Crippen LogP contribution is -2.29. The molecular weight excluding hydrogens is 344 g/mol. The summed E-state index contributed by atoms with van der Waals surface area (Å²) in [5, 5.41) is 0. The average molecular weight is 372 g/mol. The summed E-state index contributed by atoms with van der Waals surface area (Å²) < 4.78 is 30.6. The van der Waals surface area contributed by atoms with E-state index in [4.69, 9.17) is 3.63 Å². The number of aryl methyl sites for hydroxylation is 1. The molecule has 6 heteroatoms. The molecule has 4 nitrogen and oxygen atoms in total. The molecule has 2 rings (SSSR count). The number of carbonyl (C=O) groups excluding carboxylic acids is 1. The van der Waals surface area contributed by atoms with Crippen LogP contribution in [0.3, 0.4) is 0 Å². The molecule has 1 aliphatic rings. The maximum atomic E-state index is 12.5. The second kappa shape index (κ2) is 9.02. The minimum absolute atomic E-state index is 0.0632. The number of hydrogen-bond donors (Lipinski definition) is 0. The van der Waals surface area contributed by atoms with Crippen molar-refractivity contribution in [1.29, 1.82) is 0 Å². The van der Waals surface area contributed by atoms with Crippen molar-refractivity contribution in [3.8, 4) is 0 Å². The first-order valence-corrected chi connectivity index (χ1v) is 11.5. The Morgan fingerprint density at radius 2 is 1.79 bits per heavy atom. The van der Waals surface area contributed by atoms with Crippen LogP contribution in [0.1, 0.15) is 51.0 Å². The van der Waals surface area contributed by atoms with Crippen LogP contribution in [0.5, 0.6) is 0 Å². The molecular formula is C18H27O4S2+. The van der Waals surface area contributed by atoms with Crippen molar-refractivity contribution in [1.82, 2.24) is 0 Å². The van der Waals surface area contributed by atoms with Gasteiger partial charge in [-0.3, -0.25) is 4.79 Å². The van der Waals surface area contributed by atoms with E-state index in [1.165, 1.54) is 19.3 Å². The monoisotopic (exact) mass is 371 g/mol. The standard InChI is InChI=1S/C18H27O4S2/c1-3-17(19)14-23(13-16-7-5-4-6-8-16)22-24(20,21)18-11-9-15(2)10-12-18/h9-12,16H,3-8,13-14H2,1-2H3/q+1. The number of Topliss-reactive ketones (excluding diaryl/α,β-unsaturated/α-hetero) is 1. The molecule has 0 amide bonds. The second-order valence-corrected chi connectivity index (χ2v) is 9.91. The molecule has 0 spiro atoms. The molecule has 0 aliphatic heterocycles. The van der Waals surface area contributed by atoms with E-state index in [0.717, 1.165) is 18.4 Å². The van der Waals surface area contributed by atoms with Crippen LogP contribution in [0.4, 0.5) is 0 Å². The fraction of sp³-hybridized carbons (Fsp3) is 0.611. The Hall–Kier alpha value is -0.850. The maximum Gasteiger partial charge on any atom is 0.339 e. The molecule has 1 saturated carbocycles. The van der Waals surface area contributed by atoms with Gasteiger partial charge < -0.3 is 0 Å². The molecule has 24 heavy (non-hydrogen) atoms. The van der Waals surface area contributed by atoms with Crippen molar-refractivity contribution in [2.24, 2.45) is 5.92 Å². The Morgan fingerprint density at radius 3 is 2.38 bits per heavy atom. The van der Waals surface area contributed by atoms with Crippen molar-refractivity contribution in [3.63, 3.8) is 0 Å². The van der Waals surface area contributed by atoms with Gasteiger partial charge in [0, 0.05) is 12.3 Å². The van der Waals surface area contributed by atoms with E-state index >= 15 is 0 Å². The second-order valence-electron chi connectivity index (χ2n) is 6.48. The van der Waals surface area contributed by atoms with Gasteiger partial charge in [-0.1, -0.05) is 43.9 Å². The molecule has 0 N–H and O–H groups in total. The van der Waals surface area contributed by atoms with Crippen LogP contribution >= 0.6 is 0 Å². The number of hydrogen-bond acceptors (Lipinski definition) is 4. The minimum Gasteiger partial charge on any atom is -0.294 e. The Balaban J connectivity index is 2.10. The van der Waals surface area contributed by atoms with Gasteiger partial charge in [0.05, 0.1) is 4.90 Å². The highest BCUT2D eigenvalue weighted by atomic mass is 32.3. The molecule has 1 aliphatic carbocycles. The van der Waals surface area contributed by atoms with Gasteiger partial charge in [-0.15, -0.1) is 0 Å². The van der Waals surface area contributed by atoms with E-state index < -0.39 is 21.3 Å². The van der Waals surface area contributed by atoms with Gasteiger partial charge in [-0.05, 0) is 35.5 Å². The predicted octanol–water partition coefficient (Wildman–Crippen LogP) is 3.79. The van der Waals surface area contributed by atoms with Crippen LogP contribution in [-0.4, -0.2) is 25.7 Å². The number of carbonyl (C=O) groups is 1. The first kappa shape index (κ1) is 19.5. The normalized spacial score (nSPS) is 17.6. The maximum absolute atomic E-state index is 12.5. The van der Waals surface area contributed by atoms with Crippen LogP contribution in [-0.2, 0) is 29.7 Å². The fourth-order valence-electron chi connectivity index (χ4n) is 2.88. The number of benzene rings is 1. The molecule has 134 valence electrons. The van der Waals surface area contributed by atoms with Gasteiger partial charge >= 0.3 is 10.1 Å². The SMILES string of the molecule is CCC(=O)C[S+](CC1CCCCC1)OS(=O)(=O)c1ccc(C)cc1. The van der Waals surface area contributed by atoms with Gasteiger partial charge in [0.25, 0.3) is 0 Å². The van der Waals surface area contributed by atoms with Crippen molar-refractivity contribution in [2.45, 2.75) is 57.3 Å². The third kappa shape index (κ3) is 5.90. The third-order valence-corrected chi connectivity index (χ3v) is 8.18. The zero-order valence-corrected chi connectivity index (χ0v) is 16.1. The van der Waals surface area contributed by atoms with Crippen LogP contribution < -0.4 is 0 Å². The Bertz CT molecular complexity index is 631. The Kier molecular flexibility index (Phi) is 7.32. The molecule has 1 atom stereocenters. The first-order valence-electron chi connectivity index (χ1n) is 8.61. The van der Waals surface area contributed by atoms with E-state index in [9.17, 15) is 13.2 Å². The van der Waals surface area contributed by atoms with Crippen LogP contribution in [0.15, 0.2) is 29.2 Å². The van der Waals surface area contributed by atoms with Crippen molar-refractivity contribution >= 4 is 27.1 Å². The zero-order chi connectivity index (χ0) is 17.6. The van der Waals surface area contributed by atoms with E-state index in [1.54, 1.807) is 31.2 Å². The zero-order valence-electron chi connectivity index (χ0n) is 14.5. The van der Waals surface area contributed by atoms with E-state index in [0.29, 0.717) is 18.1 Å². The van der Waals surface area contributed by atoms with E-state index in [2.05, 4.69) is 0 Å². The van der Waals surface area contributed by atoms with E-state index in [-0.39, 0.29) is 16.4 Å². The molecule has 0 radical (unpaired) electrons. The predicted molar refractivity (Wildman–Crippen MR) is 98.4 cm³/mol. The van der Waals surface area contributed by atoms with Crippen molar-refractivity contribution < 1.29 is 16.8 Å². The first-order chi connectivity index (χ1) is 11.4. The summed E-state index contributed by atoms with van der Waals surface area (Å²) >= 11 is -0.865. The highest BCUT2D eigenvalue weighted by Crippen LogP contribution is 2.27. The summed E-state index contributed by atoms with van der Waals surface area (Å²) in [5.74, 6) is 1.42.